The first-order valence-electron chi connectivity index (χ1n) is 8.85. The zero-order valence-electron chi connectivity index (χ0n) is 15.2. The number of Topliss-reactive ketones (excluding diaryl/α,β-unsaturated/α-hetero) is 1. The average molecular weight is 342 g/mol. The lowest BCUT2D eigenvalue weighted by molar-refractivity contribution is 0.0371. The maximum absolute atomic E-state index is 12.8. The molecule has 5 nitrogen and oxygen atoms in total. The molecule has 134 valence electrons. The van der Waals surface area contributed by atoms with Crippen molar-refractivity contribution in [3.8, 4) is 11.4 Å². The summed E-state index contributed by atoms with van der Waals surface area (Å²) in [4.78, 5) is 14.9. The molecule has 1 aliphatic heterocycles. The monoisotopic (exact) mass is 342 g/mol. The van der Waals surface area contributed by atoms with Gasteiger partial charge in [0.1, 0.15) is 5.75 Å². The number of ether oxygens (including phenoxy) is 2. The van der Waals surface area contributed by atoms with E-state index < -0.39 is 0 Å². The molecule has 25 heavy (non-hydrogen) atoms. The zero-order chi connectivity index (χ0) is 17.8. The molecule has 1 aliphatic rings. The fourth-order valence-electron chi connectivity index (χ4n) is 3.35. The van der Waals surface area contributed by atoms with Gasteiger partial charge in [-0.15, -0.1) is 0 Å². The molecule has 0 aliphatic carbocycles. The van der Waals surface area contributed by atoms with Crippen LogP contribution in [0.25, 0.3) is 5.69 Å². The first kappa shape index (κ1) is 17.7. The summed E-state index contributed by atoms with van der Waals surface area (Å²) in [6, 6.07) is 9.98. The van der Waals surface area contributed by atoms with Crippen LogP contribution in [-0.4, -0.2) is 54.7 Å². The fraction of sp³-hybridized carbons (Fsp3) is 0.450. The Labute approximate surface area is 149 Å². The standard InChI is InChI=1S/C20H26N2O3/c1-4-25-18-7-5-17(6-8-18)22-15(2)13-19(16(22)3)20(23)14-21-9-11-24-12-10-21/h5-8,13H,4,9-12,14H2,1-3H3. The van der Waals surface area contributed by atoms with Crippen LogP contribution in [0, 0.1) is 13.8 Å². The van der Waals surface area contributed by atoms with Gasteiger partial charge < -0.3 is 14.0 Å². The van der Waals surface area contributed by atoms with Crippen molar-refractivity contribution >= 4 is 5.78 Å². The average Bonchev–Trinajstić information content (AvgIpc) is 2.92. The summed E-state index contributed by atoms with van der Waals surface area (Å²) in [5.74, 6) is 1.03. The molecule has 1 aromatic carbocycles. The predicted molar refractivity (Wildman–Crippen MR) is 98.0 cm³/mol. The lowest BCUT2D eigenvalue weighted by atomic mass is 10.1. The van der Waals surface area contributed by atoms with E-state index in [9.17, 15) is 4.79 Å². The second-order valence-corrected chi connectivity index (χ2v) is 6.36. The van der Waals surface area contributed by atoms with Gasteiger partial charge in [0.05, 0.1) is 26.4 Å². The Morgan fingerprint density at radius 1 is 1.16 bits per heavy atom. The molecule has 1 fully saturated rings. The van der Waals surface area contributed by atoms with Gasteiger partial charge in [-0.2, -0.15) is 0 Å². The molecule has 2 heterocycles. The number of nitrogens with zero attached hydrogens (tertiary/aromatic N) is 2. The molecule has 0 bridgehead atoms. The van der Waals surface area contributed by atoms with Gasteiger partial charge in [-0.1, -0.05) is 0 Å². The smallest absolute Gasteiger partial charge is 0.178 e. The molecule has 1 aromatic heterocycles. The maximum atomic E-state index is 12.8. The number of benzene rings is 1. The van der Waals surface area contributed by atoms with Crippen molar-refractivity contribution in [3.05, 3.63) is 47.3 Å². The Kier molecular flexibility index (Phi) is 5.56. The number of carbonyl (C=O) groups excluding carboxylic acids is 1. The van der Waals surface area contributed by atoms with Crippen molar-refractivity contribution in [1.82, 2.24) is 9.47 Å². The van der Waals surface area contributed by atoms with Gasteiger partial charge in [-0.05, 0) is 51.1 Å². The highest BCUT2D eigenvalue weighted by Gasteiger charge is 2.20. The van der Waals surface area contributed by atoms with Gasteiger partial charge >= 0.3 is 0 Å². The highest BCUT2D eigenvalue weighted by atomic mass is 16.5. The summed E-state index contributed by atoms with van der Waals surface area (Å²) >= 11 is 0. The van der Waals surface area contributed by atoms with E-state index in [2.05, 4.69) is 9.47 Å². The number of aromatic nitrogens is 1. The van der Waals surface area contributed by atoms with E-state index in [1.165, 1.54) is 0 Å². The minimum atomic E-state index is 0.173. The zero-order valence-corrected chi connectivity index (χ0v) is 15.2. The van der Waals surface area contributed by atoms with Crippen molar-refractivity contribution in [1.29, 1.82) is 0 Å². The number of carbonyl (C=O) groups is 1. The second kappa shape index (κ2) is 7.85. The number of hydrogen-bond donors (Lipinski definition) is 0. The summed E-state index contributed by atoms with van der Waals surface area (Å²) in [6.45, 7) is 10.2. The molecular formula is C20H26N2O3. The van der Waals surface area contributed by atoms with Crippen LogP contribution in [0.2, 0.25) is 0 Å². The predicted octanol–water partition coefficient (Wildman–Crippen LogP) is 3.01. The van der Waals surface area contributed by atoms with Crippen molar-refractivity contribution in [2.45, 2.75) is 20.8 Å². The minimum absolute atomic E-state index is 0.173. The third kappa shape index (κ3) is 3.94. The van der Waals surface area contributed by atoms with Crippen LogP contribution >= 0.6 is 0 Å². The summed E-state index contributed by atoms with van der Waals surface area (Å²) in [7, 11) is 0. The van der Waals surface area contributed by atoms with Gasteiger partial charge in [0.15, 0.2) is 5.78 Å². The normalized spacial score (nSPS) is 15.3. The molecule has 3 rings (SSSR count). The summed E-state index contributed by atoms with van der Waals surface area (Å²) < 4.78 is 13.0. The van der Waals surface area contributed by atoms with Crippen LogP contribution in [0.3, 0.4) is 0 Å². The summed E-state index contributed by atoms with van der Waals surface area (Å²) in [5.41, 5.74) is 3.90. The molecule has 5 heteroatoms. The van der Waals surface area contributed by atoms with E-state index in [0.29, 0.717) is 26.4 Å². The quantitative estimate of drug-likeness (QED) is 0.757. The number of morpholine rings is 1. The Morgan fingerprint density at radius 2 is 1.84 bits per heavy atom. The van der Waals surface area contributed by atoms with E-state index in [1.807, 2.05) is 51.1 Å². The van der Waals surface area contributed by atoms with E-state index in [1.54, 1.807) is 0 Å². The Balaban J connectivity index is 1.81. The number of aryl methyl sites for hydroxylation is 1. The highest BCUT2D eigenvalue weighted by Crippen LogP contribution is 2.23. The third-order valence-electron chi connectivity index (χ3n) is 4.61. The van der Waals surface area contributed by atoms with Gasteiger partial charge in [-0.25, -0.2) is 0 Å². The molecule has 2 aromatic rings. The minimum Gasteiger partial charge on any atom is -0.494 e. The molecule has 0 atom stereocenters. The van der Waals surface area contributed by atoms with Crippen LogP contribution in [0.1, 0.15) is 28.7 Å². The summed E-state index contributed by atoms with van der Waals surface area (Å²) in [5, 5.41) is 0. The lowest BCUT2D eigenvalue weighted by Gasteiger charge is -2.25. The summed E-state index contributed by atoms with van der Waals surface area (Å²) in [6.07, 6.45) is 0. The topological polar surface area (TPSA) is 43.7 Å². The second-order valence-electron chi connectivity index (χ2n) is 6.36. The fourth-order valence-corrected chi connectivity index (χ4v) is 3.35. The Hall–Kier alpha value is -2.11. The van der Waals surface area contributed by atoms with Gasteiger partial charge in [0, 0.05) is 35.7 Å². The van der Waals surface area contributed by atoms with Crippen LogP contribution < -0.4 is 4.74 Å². The molecule has 0 N–H and O–H groups in total. The van der Waals surface area contributed by atoms with E-state index in [-0.39, 0.29) is 5.78 Å². The Morgan fingerprint density at radius 3 is 2.48 bits per heavy atom. The molecule has 0 radical (unpaired) electrons. The molecule has 0 saturated carbocycles. The number of rotatable bonds is 6. The van der Waals surface area contributed by atoms with Crippen LogP contribution in [0.5, 0.6) is 5.75 Å². The van der Waals surface area contributed by atoms with Crippen molar-refractivity contribution in [2.24, 2.45) is 0 Å². The van der Waals surface area contributed by atoms with Crippen molar-refractivity contribution < 1.29 is 14.3 Å². The number of hydrogen-bond acceptors (Lipinski definition) is 4. The molecule has 0 unspecified atom stereocenters. The third-order valence-corrected chi connectivity index (χ3v) is 4.61. The highest BCUT2D eigenvalue weighted by molar-refractivity contribution is 5.99. The van der Waals surface area contributed by atoms with Crippen LogP contribution in [0.15, 0.2) is 30.3 Å². The maximum Gasteiger partial charge on any atom is 0.178 e. The van der Waals surface area contributed by atoms with Crippen LogP contribution in [-0.2, 0) is 4.74 Å². The first-order valence-corrected chi connectivity index (χ1v) is 8.85. The molecular weight excluding hydrogens is 316 g/mol. The van der Waals surface area contributed by atoms with Crippen molar-refractivity contribution in [2.75, 3.05) is 39.5 Å². The Bertz CT molecular complexity index is 728. The van der Waals surface area contributed by atoms with E-state index in [4.69, 9.17) is 9.47 Å². The first-order chi connectivity index (χ1) is 12.1. The lowest BCUT2D eigenvalue weighted by Crippen LogP contribution is -2.39. The van der Waals surface area contributed by atoms with E-state index in [0.717, 1.165) is 41.5 Å². The van der Waals surface area contributed by atoms with Crippen molar-refractivity contribution in [3.63, 3.8) is 0 Å². The van der Waals surface area contributed by atoms with Gasteiger partial charge in [-0.3, -0.25) is 9.69 Å². The molecule has 0 amide bonds. The van der Waals surface area contributed by atoms with E-state index >= 15 is 0 Å². The number of ketones is 1. The van der Waals surface area contributed by atoms with Crippen LogP contribution in [0.4, 0.5) is 0 Å². The van der Waals surface area contributed by atoms with Gasteiger partial charge in [0.25, 0.3) is 0 Å². The van der Waals surface area contributed by atoms with Gasteiger partial charge in [0.2, 0.25) is 0 Å². The largest absolute Gasteiger partial charge is 0.494 e. The molecule has 1 saturated heterocycles. The molecule has 0 spiro atoms. The SMILES string of the molecule is CCOc1ccc(-n2c(C)cc(C(=O)CN3CCOCC3)c2C)cc1.